The van der Waals surface area contributed by atoms with Gasteiger partial charge in [-0.1, -0.05) is 19.3 Å². The lowest BCUT2D eigenvalue weighted by Gasteiger charge is -2.31. The van der Waals surface area contributed by atoms with Gasteiger partial charge >= 0.3 is 0 Å². The Kier molecular flexibility index (Phi) is 7.01. The number of hydrogen-bond donors (Lipinski definition) is 2. The zero-order chi connectivity index (χ0) is 11.8. The Morgan fingerprint density at radius 2 is 2.00 bits per heavy atom. The van der Waals surface area contributed by atoms with E-state index in [2.05, 4.69) is 17.3 Å². The average Bonchev–Trinajstić information content (AvgIpc) is 2.29. The summed E-state index contributed by atoms with van der Waals surface area (Å²) in [6, 6.07) is 0.825. The van der Waals surface area contributed by atoms with Gasteiger partial charge in [0.05, 0.1) is 6.10 Å². The number of hydrogen-bond acceptors (Lipinski definition) is 3. The number of aliphatic hydroxyl groups is 1. The topological polar surface area (TPSA) is 35.5 Å². The van der Waals surface area contributed by atoms with Crippen molar-refractivity contribution in [3.8, 4) is 0 Å². The van der Waals surface area contributed by atoms with Crippen LogP contribution in [0.5, 0.6) is 0 Å². The lowest BCUT2D eigenvalue weighted by molar-refractivity contribution is 0.180. The molecule has 16 heavy (non-hydrogen) atoms. The van der Waals surface area contributed by atoms with Crippen LogP contribution >= 0.6 is 0 Å². The standard InChI is InChI=1S/C13H28N2O/c1-12(16)11-14-9-6-10-15(2)13-7-4-3-5-8-13/h12-14,16H,3-11H2,1-2H3. The van der Waals surface area contributed by atoms with Gasteiger partial charge in [0, 0.05) is 12.6 Å². The Labute approximate surface area is 100 Å². The van der Waals surface area contributed by atoms with E-state index in [4.69, 9.17) is 5.11 Å². The van der Waals surface area contributed by atoms with E-state index < -0.39 is 0 Å². The molecule has 0 aromatic heterocycles. The quantitative estimate of drug-likeness (QED) is 0.650. The van der Waals surface area contributed by atoms with E-state index in [0.29, 0.717) is 6.54 Å². The Bertz CT molecular complexity index is 167. The molecular formula is C13H28N2O. The smallest absolute Gasteiger partial charge is 0.0636 e. The van der Waals surface area contributed by atoms with Gasteiger partial charge in [-0.2, -0.15) is 0 Å². The van der Waals surface area contributed by atoms with Crippen LogP contribution in [-0.2, 0) is 0 Å². The average molecular weight is 228 g/mol. The van der Waals surface area contributed by atoms with E-state index in [9.17, 15) is 0 Å². The minimum absolute atomic E-state index is 0.226. The highest BCUT2D eigenvalue weighted by Gasteiger charge is 2.16. The molecule has 3 heteroatoms. The third kappa shape index (κ3) is 5.83. The first kappa shape index (κ1) is 13.9. The first-order valence-corrected chi connectivity index (χ1v) is 6.79. The van der Waals surface area contributed by atoms with Crippen LogP contribution in [0.2, 0.25) is 0 Å². The van der Waals surface area contributed by atoms with Crippen LogP contribution in [0.3, 0.4) is 0 Å². The van der Waals surface area contributed by atoms with E-state index in [1.807, 2.05) is 6.92 Å². The van der Waals surface area contributed by atoms with Crippen molar-refractivity contribution in [1.29, 1.82) is 0 Å². The Balaban J connectivity index is 1.98. The molecule has 1 unspecified atom stereocenters. The molecule has 0 aromatic carbocycles. The summed E-state index contributed by atoms with van der Waals surface area (Å²) in [4.78, 5) is 2.52. The summed E-state index contributed by atoms with van der Waals surface area (Å²) < 4.78 is 0. The van der Waals surface area contributed by atoms with Gasteiger partial charge in [-0.15, -0.1) is 0 Å². The highest BCUT2D eigenvalue weighted by atomic mass is 16.3. The second kappa shape index (κ2) is 8.04. The highest BCUT2D eigenvalue weighted by Crippen LogP contribution is 2.21. The summed E-state index contributed by atoms with van der Waals surface area (Å²) in [5.74, 6) is 0. The van der Waals surface area contributed by atoms with Gasteiger partial charge in [0.1, 0.15) is 0 Å². The molecule has 1 saturated carbocycles. The van der Waals surface area contributed by atoms with Crippen LogP contribution in [-0.4, -0.2) is 48.8 Å². The third-order valence-electron chi connectivity index (χ3n) is 3.50. The maximum Gasteiger partial charge on any atom is 0.0636 e. The van der Waals surface area contributed by atoms with Gasteiger partial charge < -0.3 is 15.3 Å². The Morgan fingerprint density at radius 3 is 2.62 bits per heavy atom. The third-order valence-corrected chi connectivity index (χ3v) is 3.50. The summed E-state index contributed by atoms with van der Waals surface area (Å²) in [7, 11) is 2.25. The van der Waals surface area contributed by atoms with Crippen molar-refractivity contribution in [3.63, 3.8) is 0 Å². The normalized spacial score (nSPS) is 20.2. The van der Waals surface area contributed by atoms with Crippen molar-refractivity contribution in [3.05, 3.63) is 0 Å². The number of aliphatic hydroxyl groups excluding tert-OH is 1. The molecule has 1 fully saturated rings. The van der Waals surface area contributed by atoms with Crippen molar-refractivity contribution in [2.24, 2.45) is 0 Å². The molecule has 1 atom stereocenters. The second-order valence-electron chi connectivity index (χ2n) is 5.18. The van der Waals surface area contributed by atoms with Gasteiger partial charge in [-0.05, 0) is 46.3 Å². The van der Waals surface area contributed by atoms with Crippen molar-refractivity contribution in [2.45, 2.75) is 57.6 Å². The molecule has 3 nitrogen and oxygen atoms in total. The van der Waals surface area contributed by atoms with Gasteiger partial charge in [0.2, 0.25) is 0 Å². The van der Waals surface area contributed by atoms with Crippen LogP contribution in [0.25, 0.3) is 0 Å². The molecule has 0 saturated heterocycles. The van der Waals surface area contributed by atoms with Crippen molar-refractivity contribution >= 4 is 0 Å². The van der Waals surface area contributed by atoms with E-state index >= 15 is 0 Å². The predicted octanol–water partition coefficient (Wildman–Crippen LogP) is 1.61. The van der Waals surface area contributed by atoms with Gasteiger partial charge in [-0.25, -0.2) is 0 Å². The van der Waals surface area contributed by atoms with Crippen molar-refractivity contribution in [2.75, 3.05) is 26.7 Å². The predicted molar refractivity (Wildman–Crippen MR) is 68.7 cm³/mol. The molecule has 0 aliphatic heterocycles. The fourth-order valence-electron chi connectivity index (χ4n) is 2.47. The van der Waals surface area contributed by atoms with Crippen LogP contribution in [0.1, 0.15) is 45.4 Å². The molecule has 0 heterocycles. The van der Waals surface area contributed by atoms with Crippen molar-refractivity contribution in [1.82, 2.24) is 10.2 Å². The number of rotatable bonds is 7. The maximum absolute atomic E-state index is 9.09. The number of nitrogens with one attached hydrogen (secondary N) is 1. The Morgan fingerprint density at radius 1 is 1.31 bits per heavy atom. The lowest BCUT2D eigenvalue weighted by atomic mass is 9.94. The number of nitrogens with zero attached hydrogens (tertiary/aromatic N) is 1. The molecule has 1 aliphatic rings. The second-order valence-corrected chi connectivity index (χ2v) is 5.18. The fraction of sp³-hybridized carbons (Fsp3) is 1.00. The van der Waals surface area contributed by atoms with E-state index in [1.54, 1.807) is 0 Å². The van der Waals surface area contributed by atoms with E-state index in [0.717, 1.165) is 12.6 Å². The molecule has 0 aromatic rings. The highest BCUT2D eigenvalue weighted by molar-refractivity contribution is 4.73. The molecule has 0 amide bonds. The summed E-state index contributed by atoms with van der Waals surface area (Å²) in [6.07, 6.45) is 7.98. The zero-order valence-electron chi connectivity index (χ0n) is 10.9. The molecule has 0 radical (unpaired) electrons. The van der Waals surface area contributed by atoms with Gasteiger partial charge in [0.15, 0.2) is 0 Å². The molecule has 0 bridgehead atoms. The van der Waals surface area contributed by atoms with Crippen LogP contribution < -0.4 is 5.32 Å². The summed E-state index contributed by atoms with van der Waals surface area (Å²) in [6.45, 7) is 4.73. The SMILES string of the molecule is CC(O)CNCCCN(C)C1CCCCC1. The monoisotopic (exact) mass is 228 g/mol. The lowest BCUT2D eigenvalue weighted by Crippen LogP contribution is -2.35. The summed E-state index contributed by atoms with van der Waals surface area (Å²) in [5, 5.41) is 12.4. The maximum atomic E-state index is 9.09. The molecular weight excluding hydrogens is 200 g/mol. The molecule has 0 spiro atoms. The molecule has 96 valence electrons. The minimum atomic E-state index is -0.226. The fourth-order valence-corrected chi connectivity index (χ4v) is 2.47. The van der Waals surface area contributed by atoms with Gasteiger partial charge in [-0.3, -0.25) is 0 Å². The molecule has 2 N–H and O–H groups in total. The van der Waals surface area contributed by atoms with Crippen LogP contribution in [0.15, 0.2) is 0 Å². The first-order chi connectivity index (χ1) is 7.70. The first-order valence-electron chi connectivity index (χ1n) is 6.79. The van der Waals surface area contributed by atoms with E-state index in [-0.39, 0.29) is 6.10 Å². The summed E-state index contributed by atoms with van der Waals surface area (Å²) in [5.41, 5.74) is 0. The largest absolute Gasteiger partial charge is 0.392 e. The summed E-state index contributed by atoms with van der Waals surface area (Å²) >= 11 is 0. The molecule has 1 rings (SSSR count). The van der Waals surface area contributed by atoms with E-state index in [1.165, 1.54) is 45.1 Å². The molecule has 1 aliphatic carbocycles. The zero-order valence-corrected chi connectivity index (χ0v) is 10.9. The minimum Gasteiger partial charge on any atom is -0.392 e. The Hall–Kier alpha value is -0.120. The van der Waals surface area contributed by atoms with Crippen LogP contribution in [0.4, 0.5) is 0 Å². The van der Waals surface area contributed by atoms with Gasteiger partial charge in [0.25, 0.3) is 0 Å². The van der Waals surface area contributed by atoms with Crippen molar-refractivity contribution < 1.29 is 5.11 Å². The van der Waals surface area contributed by atoms with Crippen LogP contribution in [0, 0.1) is 0 Å².